The largest absolute Gasteiger partial charge is 0.417 e. The van der Waals surface area contributed by atoms with Crippen molar-refractivity contribution < 1.29 is 13.2 Å². The van der Waals surface area contributed by atoms with E-state index in [2.05, 4.69) is 0 Å². The molecule has 0 N–H and O–H groups in total. The van der Waals surface area contributed by atoms with Gasteiger partial charge in [-0.1, -0.05) is 19.3 Å². The lowest BCUT2D eigenvalue weighted by atomic mass is 9.89. The van der Waals surface area contributed by atoms with Gasteiger partial charge in [-0.05, 0) is 37.0 Å². The number of benzene rings is 1. The third-order valence-electron chi connectivity index (χ3n) is 4.13. The normalized spacial score (nSPS) is 16.5. The molecular weight excluding hydrogens is 277 g/mol. The molecule has 0 atom stereocenters. The Morgan fingerprint density at radius 1 is 1.24 bits per heavy atom. The van der Waals surface area contributed by atoms with Crippen molar-refractivity contribution in [3.8, 4) is 6.07 Å². The van der Waals surface area contributed by atoms with Crippen molar-refractivity contribution in [1.82, 2.24) is 0 Å². The van der Waals surface area contributed by atoms with Crippen LogP contribution >= 0.6 is 0 Å². The average molecular weight is 296 g/mol. The lowest BCUT2D eigenvalue weighted by Crippen LogP contribution is -2.27. The van der Waals surface area contributed by atoms with Gasteiger partial charge in [-0.3, -0.25) is 0 Å². The van der Waals surface area contributed by atoms with Crippen LogP contribution in [0.2, 0.25) is 0 Å². The molecule has 0 saturated heterocycles. The summed E-state index contributed by atoms with van der Waals surface area (Å²) >= 11 is 0. The first kappa shape index (κ1) is 15.7. The maximum atomic E-state index is 13.0. The van der Waals surface area contributed by atoms with Gasteiger partial charge in [-0.2, -0.15) is 18.4 Å². The monoisotopic (exact) mass is 296 g/mol. The Kier molecular flexibility index (Phi) is 4.76. The predicted octanol–water partition coefficient (Wildman–Crippen LogP) is 4.59. The van der Waals surface area contributed by atoms with E-state index in [1.807, 2.05) is 11.9 Å². The van der Waals surface area contributed by atoms with Crippen LogP contribution in [0.25, 0.3) is 0 Å². The molecule has 2 nitrogen and oxygen atoms in total. The number of nitrogens with zero attached hydrogens (tertiary/aromatic N) is 2. The van der Waals surface area contributed by atoms with E-state index in [1.165, 1.54) is 25.3 Å². The molecule has 0 bridgehead atoms. The van der Waals surface area contributed by atoms with Crippen molar-refractivity contribution in [3.63, 3.8) is 0 Å². The van der Waals surface area contributed by atoms with Gasteiger partial charge < -0.3 is 4.90 Å². The Balaban J connectivity index is 2.17. The van der Waals surface area contributed by atoms with Crippen molar-refractivity contribution in [1.29, 1.82) is 5.26 Å². The Bertz CT molecular complexity index is 525. The molecule has 114 valence electrons. The van der Waals surface area contributed by atoms with Crippen LogP contribution in [0.1, 0.15) is 43.2 Å². The van der Waals surface area contributed by atoms with Crippen LogP contribution < -0.4 is 4.90 Å². The standard InChI is InChI=1S/C16H19F3N2/c1-21(11-12-5-3-2-4-6-12)14-8-7-13(10-20)15(9-14)16(17,18)19/h7-9,12H,2-6,11H2,1H3. The highest BCUT2D eigenvalue weighted by molar-refractivity contribution is 5.54. The van der Waals surface area contributed by atoms with Crippen molar-refractivity contribution in [2.45, 2.75) is 38.3 Å². The first-order valence-corrected chi connectivity index (χ1v) is 7.24. The molecule has 0 aliphatic heterocycles. The van der Waals surface area contributed by atoms with Gasteiger partial charge in [0.15, 0.2) is 0 Å². The van der Waals surface area contributed by atoms with E-state index in [4.69, 9.17) is 5.26 Å². The van der Waals surface area contributed by atoms with Crippen molar-refractivity contribution in [2.75, 3.05) is 18.5 Å². The molecule has 21 heavy (non-hydrogen) atoms. The molecule has 1 aliphatic carbocycles. The number of hydrogen-bond acceptors (Lipinski definition) is 2. The lowest BCUT2D eigenvalue weighted by Gasteiger charge is -2.28. The summed E-state index contributed by atoms with van der Waals surface area (Å²) in [5, 5.41) is 8.81. The van der Waals surface area contributed by atoms with E-state index in [9.17, 15) is 13.2 Å². The number of alkyl halides is 3. The molecular formula is C16H19F3N2. The van der Waals surface area contributed by atoms with Crippen LogP contribution in [0.3, 0.4) is 0 Å². The van der Waals surface area contributed by atoms with Gasteiger partial charge in [0.05, 0.1) is 17.2 Å². The molecule has 0 unspecified atom stereocenters. The Hall–Kier alpha value is -1.70. The smallest absolute Gasteiger partial charge is 0.374 e. The lowest BCUT2D eigenvalue weighted by molar-refractivity contribution is -0.137. The zero-order chi connectivity index (χ0) is 15.5. The molecule has 0 spiro atoms. The Morgan fingerprint density at radius 3 is 2.48 bits per heavy atom. The SMILES string of the molecule is CN(CC1CCCCC1)c1ccc(C#N)c(C(F)(F)F)c1. The van der Waals surface area contributed by atoms with Crippen LogP contribution in [-0.4, -0.2) is 13.6 Å². The molecule has 1 aromatic carbocycles. The van der Waals surface area contributed by atoms with E-state index in [0.717, 1.165) is 25.5 Å². The highest BCUT2D eigenvalue weighted by Crippen LogP contribution is 2.34. The molecule has 0 amide bonds. The van der Waals surface area contributed by atoms with Gasteiger partial charge >= 0.3 is 6.18 Å². The van der Waals surface area contributed by atoms with E-state index in [-0.39, 0.29) is 5.56 Å². The minimum atomic E-state index is -4.49. The van der Waals surface area contributed by atoms with Gasteiger partial charge in [0.25, 0.3) is 0 Å². The van der Waals surface area contributed by atoms with Gasteiger partial charge in [-0.25, -0.2) is 0 Å². The van der Waals surface area contributed by atoms with E-state index < -0.39 is 11.7 Å². The maximum absolute atomic E-state index is 13.0. The van der Waals surface area contributed by atoms with Crippen molar-refractivity contribution >= 4 is 5.69 Å². The van der Waals surface area contributed by atoms with Crippen LogP contribution in [-0.2, 0) is 6.18 Å². The number of hydrogen-bond donors (Lipinski definition) is 0. The number of anilines is 1. The summed E-state index contributed by atoms with van der Waals surface area (Å²) in [6.07, 6.45) is 1.47. The zero-order valence-electron chi connectivity index (χ0n) is 12.1. The third kappa shape index (κ3) is 3.90. The molecule has 2 rings (SSSR count). The van der Waals surface area contributed by atoms with Gasteiger partial charge in [0.2, 0.25) is 0 Å². The second-order valence-corrected chi connectivity index (χ2v) is 5.72. The zero-order valence-corrected chi connectivity index (χ0v) is 12.1. The van der Waals surface area contributed by atoms with E-state index in [0.29, 0.717) is 11.6 Å². The molecule has 1 fully saturated rings. The fourth-order valence-electron chi connectivity index (χ4n) is 2.96. The van der Waals surface area contributed by atoms with Crippen LogP contribution in [0, 0.1) is 17.2 Å². The molecule has 1 aromatic rings. The van der Waals surface area contributed by atoms with Crippen molar-refractivity contribution in [2.24, 2.45) is 5.92 Å². The Morgan fingerprint density at radius 2 is 1.90 bits per heavy atom. The molecule has 0 radical (unpaired) electrons. The van der Waals surface area contributed by atoms with Gasteiger partial charge in [0, 0.05) is 19.3 Å². The first-order chi connectivity index (χ1) is 9.91. The fraction of sp³-hybridized carbons (Fsp3) is 0.562. The van der Waals surface area contributed by atoms with E-state index in [1.54, 1.807) is 12.1 Å². The quantitative estimate of drug-likeness (QED) is 0.815. The second kappa shape index (κ2) is 6.38. The molecule has 0 aromatic heterocycles. The fourth-order valence-corrected chi connectivity index (χ4v) is 2.96. The summed E-state index contributed by atoms with van der Waals surface area (Å²) in [5.74, 6) is 0.550. The maximum Gasteiger partial charge on any atom is 0.417 e. The minimum absolute atomic E-state index is 0.322. The topological polar surface area (TPSA) is 27.0 Å². The summed E-state index contributed by atoms with van der Waals surface area (Å²) in [6.45, 7) is 0.767. The Labute approximate surface area is 123 Å². The summed E-state index contributed by atoms with van der Waals surface area (Å²) < 4.78 is 38.9. The molecule has 1 aliphatic rings. The number of halogens is 3. The highest BCUT2D eigenvalue weighted by Gasteiger charge is 2.34. The molecule has 5 heteroatoms. The molecule has 1 saturated carbocycles. The number of rotatable bonds is 3. The van der Waals surface area contributed by atoms with Gasteiger partial charge in [-0.15, -0.1) is 0 Å². The third-order valence-corrected chi connectivity index (χ3v) is 4.13. The summed E-state index contributed by atoms with van der Waals surface area (Å²) in [5.41, 5.74) is -0.651. The number of nitriles is 1. The van der Waals surface area contributed by atoms with Crippen LogP contribution in [0.5, 0.6) is 0 Å². The first-order valence-electron chi connectivity index (χ1n) is 7.24. The van der Waals surface area contributed by atoms with Crippen LogP contribution in [0.15, 0.2) is 18.2 Å². The highest BCUT2D eigenvalue weighted by atomic mass is 19.4. The summed E-state index contributed by atoms with van der Waals surface area (Å²) in [7, 11) is 1.82. The van der Waals surface area contributed by atoms with E-state index >= 15 is 0 Å². The average Bonchev–Trinajstić information content (AvgIpc) is 2.46. The minimum Gasteiger partial charge on any atom is -0.374 e. The predicted molar refractivity (Wildman–Crippen MR) is 76.0 cm³/mol. The van der Waals surface area contributed by atoms with Crippen molar-refractivity contribution in [3.05, 3.63) is 29.3 Å². The molecule has 0 heterocycles. The summed E-state index contributed by atoms with van der Waals surface area (Å²) in [4.78, 5) is 1.87. The van der Waals surface area contributed by atoms with Crippen LogP contribution in [0.4, 0.5) is 18.9 Å². The second-order valence-electron chi connectivity index (χ2n) is 5.72. The van der Waals surface area contributed by atoms with Gasteiger partial charge in [0.1, 0.15) is 0 Å². The summed E-state index contributed by atoms with van der Waals surface area (Å²) in [6, 6.07) is 5.55.